The van der Waals surface area contributed by atoms with Crippen LogP contribution in [0.3, 0.4) is 0 Å². The van der Waals surface area contributed by atoms with Gasteiger partial charge >= 0.3 is 0 Å². The highest BCUT2D eigenvalue weighted by Crippen LogP contribution is 2.44. The number of ether oxygens (including phenoxy) is 7. The Bertz CT molecular complexity index is 778. The molecule has 3 fully saturated rings. The van der Waals surface area contributed by atoms with Crippen molar-refractivity contribution in [2.24, 2.45) is 11.3 Å². The molecule has 3 rings (SSSR count). The SMILES string of the molecule is C=C1CC(OC)(C(O)C(=O)NC2OCO[C@H]3C2O[C@H](C[C@H](O)COC)C(C)(C)C3OC)O[C@H](C)[C@@H]1C. The maximum Gasteiger partial charge on any atom is 0.256 e. The Morgan fingerprint density at radius 3 is 2.47 bits per heavy atom. The number of methoxy groups -OCH3 is 3. The summed E-state index contributed by atoms with van der Waals surface area (Å²) in [5.74, 6) is -2.26. The molecule has 0 saturated carbocycles. The first-order chi connectivity index (χ1) is 16.9. The molecule has 11 heteroatoms. The Hall–Kier alpha value is -1.15. The van der Waals surface area contributed by atoms with E-state index >= 15 is 0 Å². The molecule has 3 heterocycles. The molecule has 0 bridgehead atoms. The van der Waals surface area contributed by atoms with Gasteiger partial charge in [-0.2, -0.15) is 0 Å². The quantitative estimate of drug-likeness (QED) is 0.376. The molecule has 5 unspecified atom stereocenters. The zero-order valence-corrected chi connectivity index (χ0v) is 22.4. The molecule has 0 radical (unpaired) electrons. The van der Waals surface area contributed by atoms with Gasteiger partial charge in [0.1, 0.15) is 19.0 Å². The van der Waals surface area contributed by atoms with Gasteiger partial charge in [-0.05, 0) is 6.92 Å². The lowest BCUT2D eigenvalue weighted by Crippen LogP contribution is -2.69. The van der Waals surface area contributed by atoms with Crippen LogP contribution in [0.4, 0.5) is 0 Å². The molecule has 0 aromatic rings. The largest absolute Gasteiger partial charge is 0.391 e. The molecule has 0 aromatic heterocycles. The van der Waals surface area contributed by atoms with Gasteiger partial charge in [-0.25, -0.2) is 0 Å². The molecule has 208 valence electrons. The second kappa shape index (κ2) is 11.7. The zero-order valence-electron chi connectivity index (χ0n) is 22.4. The highest BCUT2D eigenvalue weighted by atomic mass is 16.7. The van der Waals surface area contributed by atoms with Crippen molar-refractivity contribution in [2.75, 3.05) is 34.7 Å². The fraction of sp³-hybridized carbons (Fsp3) is 0.880. The summed E-state index contributed by atoms with van der Waals surface area (Å²) >= 11 is 0. The van der Waals surface area contributed by atoms with Crippen molar-refractivity contribution >= 4 is 5.91 Å². The molecule has 0 aromatic carbocycles. The summed E-state index contributed by atoms with van der Waals surface area (Å²) < 4.78 is 40.4. The Kier molecular flexibility index (Phi) is 9.57. The molecular weight excluding hydrogens is 474 g/mol. The van der Waals surface area contributed by atoms with Crippen molar-refractivity contribution in [2.45, 2.75) is 95.3 Å². The van der Waals surface area contributed by atoms with Crippen LogP contribution >= 0.6 is 0 Å². The predicted octanol–water partition coefficient (Wildman–Crippen LogP) is 0.712. The van der Waals surface area contributed by atoms with Crippen molar-refractivity contribution in [3.63, 3.8) is 0 Å². The van der Waals surface area contributed by atoms with Crippen LogP contribution in [0.1, 0.15) is 40.5 Å². The molecule has 10 atom stereocenters. The maximum absolute atomic E-state index is 13.3. The third kappa shape index (κ3) is 5.64. The van der Waals surface area contributed by atoms with Gasteiger partial charge in [-0.3, -0.25) is 4.79 Å². The summed E-state index contributed by atoms with van der Waals surface area (Å²) in [5, 5.41) is 24.2. The number of carbonyl (C=O) groups excluding carboxylic acids is 1. The van der Waals surface area contributed by atoms with Crippen LogP contribution in [0.5, 0.6) is 0 Å². The normalized spacial score (nSPS) is 40.2. The van der Waals surface area contributed by atoms with E-state index < -0.39 is 60.0 Å². The predicted molar refractivity (Wildman–Crippen MR) is 128 cm³/mol. The Labute approximate surface area is 213 Å². The average Bonchev–Trinajstić information content (AvgIpc) is 2.82. The minimum absolute atomic E-state index is 0.0542. The van der Waals surface area contributed by atoms with E-state index in [2.05, 4.69) is 11.9 Å². The number of aliphatic hydroxyl groups excluding tert-OH is 2. The minimum Gasteiger partial charge on any atom is -0.391 e. The van der Waals surface area contributed by atoms with E-state index in [9.17, 15) is 15.0 Å². The van der Waals surface area contributed by atoms with Crippen LogP contribution in [0, 0.1) is 11.3 Å². The second-order valence-corrected chi connectivity index (χ2v) is 10.6. The smallest absolute Gasteiger partial charge is 0.256 e. The van der Waals surface area contributed by atoms with Crippen molar-refractivity contribution in [3.05, 3.63) is 12.2 Å². The van der Waals surface area contributed by atoms with Gasteiger partial charge in [-0.1, -0.05) is 32.9 Å². The van der Waals surface area contributed by atoms with E-state index in [1.807, 2.05) is 27.7 Å². The van der Waals surface area contributed by atoms with Crippen molar-refractivity contribution in [1.29, 1.82) is 0 Å². The molecular formula is C25H43NO10. The van der Waals surface area contributed by atoms with Gasteiger partial charge in [0.2, 0.25) is 5.79 Å². The highest BCUT2D eigenvalue weighted by molar-refractivity contribution is 5.82. The lowest BCUT2D eigenvalue weighted by atomic mass is 9.72. The molecule has 3 saturated heterocycles. The molecule has 36 heavy (non-hydrogen) atoms. The number of nitrogens with one attached hydrogen (secondary N) is 1. The van der Waals surface area contributed by atoms with Gasteiger partial charge in [0.05, 0.1) is 31.0 Å². The summed E-state index contributed by atoms with van der Waals surface area (Å²) in [7, 11) is 4.49. The van der Waals surface area contributed by atoms with Crippen molar-refractivity contribution in [3.8, 4) is 0 Å². The van der Waals surface area contributed by atoms with E-state index in [0.29, 0.717) is 0 Å². The van der Waals surface area contributed by atoms with Crippen LogP contribution in [0.25, 0.3) is 0 Å². The molecule has 3 aliphatic heterocycles. The summed E-state index contributed by atoms with van der Waals surface area (Å²) in [6.07, 6.45) is -5.39. The third-order valence-corrected chi connectivity index (χ3v) is 7.91. The molecule has 11 nitrogen and oxygen atoms in total. The van der Waals surface area contributed by atoms with Crippen molar-refractivity contribution < 1.29 is 48.2 Å². The number of rotatable bonds is 9. The van der Waals surface area contributed by atoms with Crippen LogP contribution in [0.2, 0.25) is 0 Å². The standard InChI is InChI=1S/C25H43NO10/c1-13-10-25(32-8,36-15(3)14(13)2)20(28)22(29)26-23-19-18(33-12-34-23)21(31-7)24(4,5)17(35-19)9-16(27)11-30-6/h14-21,23,27-28H,1,9-12H2,2-8H3,(H,26,29)/t14-,15-,16+,17-,18+,19?,20?,21?,23?,25?/m1/s1. The Balaban J connectivity index is 1.79. The minimum atomic E-state index is -1.66. The van der Waals surface area contributed by atoms with Crippen LogP contribution in [0.15, 0.2) is 12.2 Å². The highest BCUT2D eigenvalue weighted by Gasteiger charge is 2.57. The fourth-order valence-electron chi connectivity index (χ4n) is 5.44. The number of amides is 1. The molecule has 1 amide bonds. The first-order valence-corrected chi connectivity index (χ1v) is 12.4. The van der Waals surface area contributed by atoms with E-state index in [4.69, 9.17) is 33.2 Å². The van der Waals surface area contributed by atoms with Crippen LogP contribution in [-0.2, 0) is 38.0 Å². The van der Waals surface area contributed by atoms with Gasteiger partial charge in [0, 0.05) is 45.5 Å². The van der Waals surface area contributed by atoms with E-state index in [0.717, 1.165) is 5.57 Å². The van der Waals surface area contributed by atoms with E-state index in [-0.39, 0.29) is 38.3 Å². The van der Waals surface area contributed by atoms with Gasteiger partial charge in [0.15, 0.2) is 12.3 Å². The first kappa shape index (κ1) is 29.4. The van der Waals surface area contributed by atoms with E-state index in [1.54, 1.807) is 7.11 Å². The zero-order chi connectivity index (χ0) is 26.8. The Morgan fingerprint density at radius 1 is 1.19 bits per heavy atom. The third-order valence-electron chi connectivity index (χ3n) is 7.91. The van der Waals surface area contributed by atoms with Crippen LogP contribution in [-0.4, -0.2) is 106 Å². The van der Waals surface area contributed by atoms with Gasteiger partial charge in [-0.15, -0.1) is 0 Å². The lowest BCUT2D eigenvalue weighted by molar-refractivity contribution is -0.333. The number of hydrogen-bond acceptors (Lipinski definition) is 10. The van der Waals surface area contributed by atoms with Gasteiger partial charge in [0.25, 0.3) is 5.91 Å². The summed E-state index contributed by atoms with van der Waals surface area (Å²) in [5.41, 5.74) is 0.294. The molecule has 0 aliphatic carbocycles. The van der Waals surface area contributed by atoms with E-state index in [1.165, 1.54) is 14.2 Å². The maximum atomic E-state index is 13.3. The summed E-state index contributed by atoms with van der Waals surface area (Å²) in [6.45, 7) is 11.9. The topological polar surface area (TPSA) is 134 Å². The average molecular weight is 518 g/mol. The summed E-state index contributed by atoms with van der Waals surface area (Å²) in [6, 6.07) is 0. The van der Waals surface area contributed by atoms with Gasteiger partial charge < -0.3 is 48.7 Å². The number of aliphatic hydroxyl groups is 2. The molecule has 3 aliphatic rings. The van der Waals surface area contributed by atoms with Crippen molar-refractivity contribution in [1.82, 2.24) is 5.32 Å². The first-order valence-electron chi connectivity index (χ1n) is 12.4. The fourth-order valence-corrected chi connectivity index (χ4v) is 5.44. The monoisotopic (exact) mass is 517 g/mol. The lowest BCUT2D eigenvalue weighted by Gasteiger charge is -2.54. The molecule has 3 N–H and O–H groups in total. The number of carbonyl (C=O) groups is 1. The van der Waals surface area contributed by atoms with Crippen LogP contribution < -0.4 is 5.32 Å². The summed E-state index contributed by atoms with van der Waals surface area (Å²) in [4.78, 5) is 13.3. The molecule has 0 spiro atoms. The number of fused-ring (bicyclic) bond motifs is 1. The number of hydrogen-bond donors (Lipinski definition) is 3. The second-order valence-electron chi connectivity index (χ2n) is 10.6. The Morgan fingerprint density at radius 2 is 1.89 bits per heavy atom.